The number of benzene rings is 2. The van der Waals surface area contributed by atoms with E-state index < -0.39 is 0 Å². The molecule has 2 aliphatic heterocycles. The zero-order chi connectivity index (χ0) is 24.8. The number of nitrogens with zero attached hydrogens (tertiary/aromatic N) is 2. The maximum Gasteiger partial charge on any atom is 0.261 e. The number of carbonyl (C=O) groups excluding carboxylic acids is 4. The van der Waals surface area contributed by atoms with Crippen molar-refractivity contribution in [2.45, 2.75) is 51.4 Å². The van der Waals surface area contributed by atoms with Crippen molar-refractivity contribution in [2.75, 3.05) is 13.1 Å². The van der Waals surface area contributed by atoms with Gasteiger partial charge in [0.15, 0.2) is 0 Å². The third-order valence-electron chi connectivity index (χ3n) is 8.22. The lowest BCUT2D eigenvalue weighted by molar-refractivity contribution is 0.0582. The molecule has 6 heteroatoms. The molecule has 4 aliphatic rings. The van der Waals surface area contributed by atoms with Crippen LogP contribution in [0.3, 0.4) is 0 Å². The van der Waals surface area contributed by atoms with Gasteiger partial charge in [-0.3, -0.25) is 29.0 Å². The summed E-state index contributed by atoms with van der Waals surface area (Å²) in [5.41, 5.74) is 1.58. The lowest BCUT2D eigenvalue weighted by Gasteiger charge is -2.32. The number of carbonyl (C=O) groups is 4. The van der Waals surface area contributed by atoms with E-state index >= 15 is 0 Å². The van der Waals surface area contributed by atoms with Gasteiger partial charge in [-0.25, -0.2) is 0 Å². The Morgan fingerprint density at radius 2 is 0.944 bits per heavy atom. The number of imide groups is 2. The van der Waals surface area contributed by atoms with Crippen LogP contribution in [0.4, 0.5) is 0 Å². The van der Waals surface area contributed by atoms with E-state index in [1.165, 1.54) is 9.80 Å². The first kappa shape index (κ1) is 22.9. The monoisotopic (exact) mass is 482 g/mol. The van der Waals surface area contributed by atoms with Crippen LogP contribution >= 0.6 is 0 Å². The molecular formula is C30H30N2O4. The molecule has 2 aromatic rings. The highest BCUT2D eigenvalue weighted by Crippen LogP contribution is 2.38. The number of hydrogen-bond donors (Lipinski definition) is 0. The van der Waals surface area contributed by atoms with E-state index in [1.807, 2.05) is 0 Å². The molecular weight excluding hydrogens is 452 g/mol. The van der Waals surface area contributed by atoms with Gasteiger partial charge in [0.1, 0.15) is 0 Å². The molecule has 2 atom stereocenters. The Morgan fingerprint density at radius 3 is 1.25 bits per heavy atom. The van der Waals surface area contributed by atoms with Crippen molar-refractivity contribution >= 4 is 34.4 Å². The van der Waals surface area contributed by atoms with Crippen LogP contribution in [0.1, 0.15) is 92.8 Å². The fourth-order valence-corrected chi connectivity index (χ4v) is 6.22. The Bertz CT molecular complexity index is 1180. The third kappa shape index (κ3) is 3.71. The number of amides is 4. The second-order valence-corrected chi connectivity index (χ2v) is 10.4. The molecule has 0 N–H and O–H groups in total. The number of allylic oxidation sites excluding steroid dienone is 4. The molecule has 2 aromatic carbocycles. The summed E-state index contributed by atoms with van der Waals surface area (Å²) in [5.74, 6) is -0.627. The van der Waals surface area contributed by atoms with Crippen molar-refractivity contribution < 1.29 is 19.2 Å². The normalized spacial score (nSPS) is 23.2. The quantitative estimate of drug-likeness (QED) is 0.401. The van der Waals surface area contributed by atoms with Gasteiger partial charge in [0.25, 0.3) is 23.6 Å². The van der Waals surface area contributed by atoms with Crippen LogP contribution in [0.5, 0.6) is 0 Å². The molecule has 184 valence electrons. The molecule has 0 aromatic heterocycles. The molecule has 4 amide bonds. The smallest absolute Gasteiger partial charge is 0.261 e. The Kier molecular flexibility index (Phi) is 5.82. The molecule has 0 saturated heterocycles. The van der Waals surface area contributed by atoms with Crippen LogP contribution in [0.15, 0.2) is 48.6 Å². The largest absolute Gasteiger partial charge is 0.274 e. The molecule has 2 heterocycles. The van der Waals surface area contributed by atoms with Gasteiger partial charge in [-0.05, 0) is 87.5 Å². The SMILES string of the molecule is O=C1c2ccc3c4c(ccc(c24)C(=O)N1CCC1C=CCCC1)C(=O)N(CCC1C=CCCC1)C3=O. The van der Waals surface area contributed by atoms with Crippen molar-refractivity contribution in [1.29, 1.82) is 0 Å². The lowest BCUT2D eigenvalue weighted by Crippen LogP contribution is -2.44. The molecule has 2 aliphatic carbocycles. The Morgan fingerprint density at radius 1 is 0.583 bits per heavy atom. The van der Waals surface area contributed by atoms with Gasteiger partial charge < -0.3 is 0 Å². The van der Waals surface area contributed by atoms with Crippen molar-refractivity contribution in [1.82, 2.24) is 9.80 Å². The van der Waals surface area contributed by atoms with E-state index in [0.29, 0.717) is 58.0 Å². The van der Waals surface area contributed by atoms with Crippen LogP contribution in [0.25, 0.3) is 10.8 Å². The van der Waals surface area contributed by atoms with E-state index in [0.717, 1.165) is 51.4 Å². The van der Waals surface area contributed by atoms with Gasteiger partial charge in [-0.1, -0.05) is 24.3 Å². The van der Waals surface area contributed by atoms with E-state index in [9.17, 15) is 19.2 Å². The average Bonchev–Trinajstić information content (AvgIpc) is 2.91. The molecule has 0 radical (unpaired) electrons. The summed E-state index contributed by atoms with van der Waals surface area (Å²) in [7, 11) is 0. The zero-order valence-corrected chi connectivity index (χ0v) is 20.4. The van der Waals surface area contributed by atoms with Crippen molar-refractivity contribution in [2.24, 2.45) is 11.8 Å². The van der Waals surface area contributed by atoms with Crippen LogP contribution in [0.2, 0.25) is 0 Å². The molecule has 36 heavy (non-hydrogen) atoms. The molecule has 0 bridgehead atoms. The summed E-state index contributed by atoms with van der Waals surface area (Å²) in [6.45, 7) is 0.719. The second-order valence-electron chi connectivity index (χ2n) is 10.4. The highest BCUT2D eigenvalue weighted by Gasteiger charge is 2.39. The Balaban J connectivity index is 1.31. The van der Waals surface area contributed by atoms with Gasteiger partial charge in [-0.2, -0.15) is 0 Å². The molecule has 6 nitrogen and oxygen atoms in total. The maximum absolute atomic E-state index is 13.4. The van der Waals surface area contributed by atoms with Crippen LogP contribution in [-0.4, -0.2) is 46.5 Å². The van der Waals surface area contributed by atoms with Crippen molar-refractivity contribution in [3.8, 4) is 0 Å². The second kappa shape index (κ2) is 9.16. The van der Waals surface area contributed by atoms with Crippen LogP contribution in [-0.2, 0) is 0 Å². The topological polar surface area (TPSA) is 74.8 Å². The average molecular weight is 483 g/mol. The summed E-state index contributed by atoms with van der Waals surface area (Å²) >= 11 is 0. The standard InChI is InChI=1S/C30H30N2O4/c33-27-21-11-13-23-26-24(30(36)32(29(23)35)18-16-20-9-5-2-6-10-20)14-12-22(25(21)26)28(34)31(27)17-15-19-7-3-1-4-8-19/h3,5,7,9,11-14,19-20H,1-2,4,6,8,10,15-18H2. The van der Waals surface area contributed by atoms with E-state index in [4.69, 9.17) is 0 Å². The van der Waals surface area contributed by atoms with Gasteiger partial charge in [0.05, 0.1) is 0 Å². The summed E-state index contributed by atoms with van der Waals surface area (Å²) in [5, 5.41) is 0.899. The predicted octanol–water partition coefficient (Wildman–Crippen LogP) is 5.52. The van der Waals surface area contributed by atoms with Gasteiger partial charge >= 0.3 is 0 Å². The summed E-state index contributed by atoms with van der Waals surface area (Å²) in [4.78, 5) is 56.3. The molecule has 0 saturated carbocycles. The highest BCUT2D eigenvalue weighted by molar-refractivity contribution is 6.33. The fourth-order valence-electron chi connectivity index (χ4n) is 6.22. The van der Waals surface area contributed by atoms with E-state index in [1.54, 1.807) is 24.3 Å². The van der Waals surface area contributed by atoms with E-state index in [-0.39, 0.29) is 23.6 Å². The fraction of sp³-hybridized carbons (Fsp3) is 0.400. The van der Waals surface area contributed by atoms with Gasteiger partial charge in [-0.15, -0.1) is 0 Å². The first-order valence-corrected chi connectivity index (χ1v) is 13.2. The van der Waals surface area contributed by atoms with Crippen LogP contribution in [0, 0.1) is 11.8 Å². The molecule has 2 unspecified atom stereocenters. The summed E-state index contributed by atoms with van der Waals surface area (Å²) < 4.78 is 0. The maximum atomic E-state index is 13.4. The molecule has 6 rings (SSSR count). The molecule has 0 spiro atoms. The predicted molar refractivity (Wildman–Crippen MR) is 137 cm³/mol. The first-order valence-electron chi connectivity index (χ1n) is 13.2. The van der Waals surface area contributed by atoms with E-state index in [2.05, 4.69) is 24.3 Å². The minimum atomic E-state index is -0.345. The number of rotatable bonds is 6. The van der Waals surface area contributed by atoms with Crippen molar-refractivity contribution in [3.63, 3.8) is 0 Å². The number of hydrogen-bond acceptors (Lipinski definition) is 4. The minimum absolute atomic E-state index is 0.345. The Hall–Kier alpha value is -3.54. The third-order valence-corrected chi connectivity index (χ3v) is 8.22. The first-order chi connectivity index (χ1) is 17.5. The Labute approximate surface area is 210 Å². The van der Waals surface area contributed by atoms with Crippen LogP contribution < -0.4 is 0 Å². The summed E-state index contributed by atoms with van der Waals surface area (Å²) in [6.07, 6.45) is 16.8. The van der Waals surface area contributed by atoms with Gasteiger partial charge in [0, 0.05) is 46.1 Å². The minimum Gasteiger partial charge on any atom is -0.274 e. The zero-order valence-electron chi connectivity index (χ0n) is 20.4. The summed E-state index contributed by atoms with van der Waals surface area (Å²) in [6, 6.07) is 6.62. The highest BCUT2D eigenvalue weighted by atomic mass is 16.2. The lowest BCUT2D eigenvalue weighted by atomic mass is 9.85. The molecule has 0 fully saturated rings. The van der Waals surface area contributed by atoms with Gasteiger partial charge in [0.2, 0.25) is 0 Å². The van der Waals surface area contributed by atoms with Crippen molar-refractivity contribution in [3.05, 3.63) is 70.8 Å².